The molecule has 0 bridgehead atoms. The van der Waals surface area contributed by atoms with Crippen molar-refractivity contribution in [2.45, 2.75) is 39.5 Å². The number of aromatic nitrogens is 2. The number of amides is 1. The number of hydrogen-bond donors (Lipinski definition) is 2. The lowest BCUT2D eigenvalue weighted by molar-refractivity contribution is -0.107. The van der Waals surface area contributed by atoms with Gasteiger partial charge in [-0.05, 0) is 44.2 Å². The minimum atomic E-state index is -3.56. The largest absolute Gasteiger partial charge is 0.385 e. The first kappa shape index (κ1) is 24.0. The summed E-state index contributed by atoms with van der Waals surface area (Å²) < 4.78 is 28.0. The standard InChI is InChI=1S/C23H33N5O3S/c1-4-6-7-10-19(5-2)32(30,31)28-13-8-9-18(16-28)15-27(17-29)22-20-11-12-25-23(20)26-14-21(22)24-3/h5,7,10-12,14,17-18,24H,4,6,8-9,13,15-16H2,1-3H3,(H,25,26)/b10-7-,19-5+. The second kappa shape index (κ2) is 10.8. The molecule has 1 atom stereocenters. The number of pyridine rings is 1. The number of carbonyl (C=O) groups is 1. The number of H-pyrrole nitrogens is 1. The van der Waals surface area contributed by atoms with Crippen LogP contribution in [0.15, 0.2) is 41.6 Å². The fourth-order valence-corrected chi connectivity index (χ4v) is 5.83. The minimum absolute atomic E-state index is 0.0355. The minimum Gasteiger partial charge on any atom is -0.385 e. The smallest absolute Gasteiger partial charge is 0.242 e. The lowest BCUT2D eigenvalue weighted by Crippen LogP contribution is -2.44. The number of sulfonamides is 1. The van der Waals surface area contributed by atoms with Crippen molar-refractivity contribution in [3.8, 4) is 0 Å². The summed E-state index contributed by atoms with van der Waals surface area (Å²) in [6.45, 7) is 5.14. The Kier molecular flexibility index (Phi) is 8.09. The van der Waals surface area contributed by atoms with E-state index in [2.05, 4.69) is 22.2 Å². The van der Waals surface area contributed by atoms with Crippen molar-refractivity contribution < 1.29 is 13.2 Å². The van der Waals surface area contributed by atoms with Crippen molar-refractivity contribution in [1.82, 2.24) is 14.3 Å². The Morgan fingerprint density at radius 1 is 1.44 bits per heavy atom. The normalized spacial score (nSPS) is 18.3. The molecule has 3 rings (SSSR count). The molecular formula is C23H33N5O3S. The third-order valence-corrected chi connectivity index (χ3v) is 7.82. The molecule has 2 aromatic rings. The topological polar surface area (TPSA) is 98.4 Å². The number of rotatable bonds is 10. The lowest BCUT2D eigenvalue weighted by Gasteiger charge is -2.34. The maximum absolute atomic E-state index is 13.2. The summed E-state index contributed by atoms with van der Waals surface area (Å²) >= 11 is 0. The van der Waals surface area contributed by atoms with E-state index in [4.69, 9.17) is 0 Å². The van der Waals surface area contributed by atoms with Gasteiger partial charge in [-0.2, -0.15) is 4.31 Å². The van der Waals surface area contributed by atoms with E-state index in [1.807, 2.05) is 12.1 Å². The fourth-order valence-electron chi connectivity index (χ4n) is 4.19. The van der Waals surface area contributed by atoms with Crippen LogP contribution in [0.2, 0.25) is 0 Å². The van der Waals surface area contributed by atoms with Crippen molar-refractivity contribution in [2.24, 2.45) is 5.92 Å². The van der Waals surface area contributed by atoms with E-state index >= 15 is 0 Å². The zero-order chi connectivity index (χ0) is 23.1. The highest BCUT2D eigenvalue weighted by Crippen LogP contribution is 2.34. The Bertz CT molecular complexity index is 1090. The van der Waals surface area contributed by atoms with E-state index < -0.39 is 10.0 Å². The van der Waals surface area contributed by atoms with Crippen LogP contribution in [0.1, 0.15) is 39.5 Å². The van der Waals surface area contributed by atoms with Gasteiger partial charge in [0.2, 0.25) is 16.4 Å². The van der Waals surface area contributed by atoms with Crippen LogP contribution in [0.25, 0.3) is 11.0 Å². The highest BCUT2D eigenvalue weighted by atomic mass is 32.2. The van der Waals surface area contributed by atoms with E-state index in [0.29, 0.717) is 30.2 Å². The van der Waals surface area contributed by atoms with Crippen LogP contribution < -0.4 is 10.2 Å². The molecule has 174 valence electrons. The van der Waals surface area contributed by atoms with E-state index in [1.54, 1.807) is 47.7 Å². The molecule has 1 saturated heterocycles. The van der Waals surface area contributed by atoms with Crippen LogP contribution in [0.5, 0.6) is 0 Å². The molecule has 0 aromatic carbocycles. The fraction of sp³-hybridized carbons (Fsp3) is 0.478. The zero-order valence-electron chi connectivity index (χ0n) is 19.0. The molecule has 9 heteroatoms. The predicted octanol–water partition coefficient (Wildman–Crippen LogP) is 3.87. The number of carbonyl (C=O) groups excluding carboxylic acids is 1. The molecule has 1 amide bonds. The highest BCUT2D eigenvalue weighted by molar-refractivity contribution is 7.93. The molecule has 2 aromatic heterocycles. The van der Waals surface area contributed by atoms with Gasteiger partial charge in [0.1, 0.15) is 5.65 Å². The first-order valence-corrected chi connectivity index (χ1v) is 12.6. The Hall–Kier alpha value is -2.65. The molecule has 1 unspecified atom stereocenters. The first-order chi connectivity index (χ1) is 15.5. The molecule has 3 heterocycles. The molecule has 0 radical (unpaired) electrons. The van der Waals surface area contributed by atoms with Gasteiger partial charge in [0.25, 0.3) is 0 Å². The summed E-state index contributed by atoms with van der Waals surface area (Å²) in [7, 11) is -1.77. The summed E-state index contributed by atoms with van der Waals surface area (Å²) in [6.07, 6.45) is 13.0. The van der Waals surface area contributed by atoms with Gasteiger partial charge in [0.15, 0.2) is 0 Å². The van der Waals surface area contributed by atoms with Gasteiger partial charge in [-0.15, -0.1) is 0 Å². The summed E-state index contributed by atoms with van der Waals surface area (Å²) in [5.41, 5.74) is 2.21. The van der Waals surface area contributed by atoms with Crippen molar-refractivity contribution in [3.63, 3.8) is 0 Å². The number of fused-ring (bicyclic) bond motifs is 1. The number of hydrogen-bond acceptors (Lipinski definition) is 5. The van der Waals surface area contributed by atoms with Gasteiger partial charge in [0.05, 0.1) is 22.5 Å². The lowest BCUT2D eigenvalue weighted by atomic mass is 9.99. The van der Waals surface area contributed by atoms with E-state index in [-0.39, 0.29) is 5.92 Å². The Balaban J connectivity index is 1.81. The molecule has 1 fully saturated rings. The van der Waals surface area contributed by atoms with E-state index in [9.17, 15) is 13.2 Å². The number of unbranched alkanes of at least 4 members (excludes halogenated alkanes) is 1. The summed E-state index contributed by atoms with van der Waals surface area (Å²) in [4.78, 5) is 21.6. The summed E-state index contributed by atoms with van der Waals surface area (Å²) in [5, 5.41) is 3.96. The van der Waals surface area contributed by atoms with Crippen molar-refractivity contribution in [1.29, 1.82) is 0 Å². The van der Waals surface area contributed by atoms with Crippen molar-refractivity contribution in [2.75, 3.05) is 36.9 Å². The van der Waals surface area contributed by atoms with Gasteiger partial charge >= 0.3 is 0 Å². The molecule has 2 N–H and O–H groups in total. The van der Waals surface area contributed by atoms with Crippen molar-refractivity contribution >= 4 is 38.8 Å². The third kappa shape index (κ3) is 5.05. The molecule has 8 nitrogen and oxygen atoms in total. The molecule has 32 heavy (non-hydrogen) atoms. The summed E-state index contributed by atoms with van der Waals surface area (Å²) in [6, 6.07) is 1.90. The SMILES string of the molecule is C/C=C(\C=C/CCC)S(=O)(=O)N1CCCC(CN(C=O)c2c(NC)cnc3[nH]ccc23)C1. The molecular weight excluding hydrogens is 426 g/mol. The maximum atomic E-state index is 13.2. The number of anilines is 2. The average Bonchev–Trinajstić information content (AvgIpc) is 3.29. The monoisotopic (exact) mass is 459 g/mol. The Morgan fingerprint density at radius 3 is 2.94 bits per heavy atom. The molecule has 0 spiro atoms. The van der Waals surface area contributed by atoms with Gasteiger partial charge < -0.3 is 15.2 Å². The molecule has 0 aliphatic carbocycles. The van der Waals surface area contributed by atoms with Gasteiger partial charge in [-0.3, -0.25) is 4.79 Å². The molecule has 1 aliphatic rings. The molecule has 0 saturated carbocycles. The Labute approximate surface area is 190 Å². The number of aromatic amines is 1. The van der Waals surface area contributed by atoms with E-state index in [0.717, 1.165) is 48.9 Å². The van der Waals surface area contributed by atoms with E-state index in [1.165, 1.54) is 0 Å². The van der Waals surface area contributed by atoms with Crippen LogP contribution in [-0.4, -0.2) is 55.8 Å². The van der Waals surface area contributed by atoms with Gasteiger partial charge in [-0.25, -0.2) is 13.4 Å². The number of nitrogens with zero attached hydrogens (tertiary/aromatic N) is 3. The van der Waals surface area contributed by atoms with Crippen LogP contribution in [0.3, 0.4) is 0 Å². The van der Waals surface area contributed by atoms with Gasteiger partial charge in [0, 0.05) is 38.3 Å². The van der Waals surface area contributed by atoms with Gasteiger partial charge in [-0.1, -0.05) is 25.5 Å². The third-order valence-electron chi connectivity index (χ3n) is 5.84. The van der Waals surface area contributed by atoms with Crippen LogP contribution in [-0.2, 0) is 14.8 Å². The molecule has 1 aliphatic heterocycles. The Morgan fingerprint density at radius 2 is 2.25 bits per heavy atom. The van der Waals surface area contributed by atoms with Crippen molar-refractivity contribution in [3.05, 3.63) is 41.6 Å². The highest BCUT2D eigenvalue weighted by Gasteiger charge is 2.32. The number of allylic oxidation sites excluding steroid dienone is 3. The second-order valence-corrected chi connectivity index (χ2v) is 9.96. The first-order valence-electron chi connectivity index (χ1n) is 11.1. The summed E-state index contributed by atoms with van der Waals surface area (Å²) in [5.74, 6) is 0.0355. The maximum Gasteiger partial charge on any atom is 0.242 e. The quantitative estimate of drug-likeness (QED) is 0.415. The van der Waals surface area contributed by atoms with Crippen LogP contribution in [0, 0.1) is 5.92 Å². The average molecular weight is 460 g/mol. The van der Waals surface area contributed by atoms with Crippen LogP contribution in [0.4, 0.5) is 11.4 Å². The number of nitrogens with one attached hydrogen (secondary N) is 2. The number of piperidine rings is 1. The second-order valence-electron chi connectivity index (χ2n) is 8.02. The van der Waals surface area contributed by atoms with Crippen LogP contribution >= 0.6 is 0 Å². The predicted molar refractivity (Wildman–Crippen MR) is 130 cm³/mol. The zero-order valence-corrected chi connectivity index (χ0v) is 19.9.